The number of methoxy groups -OCH3 is 2. The summed E-state index contributed by atoms with van der Waals surface area (Å²) in [5.74, 6) is -2.68. The summed E-state index contributed by atoms with van der Waals surface area (Å²) in [6, 6.07) is 2.86. The van der Waals surface area contributed by atoms with Crippen molar-refractivity contribution in [2.45, 2.75) is 18.5 Å². The van der Waals surface area contributed by atoms with E-state index in [0.29, 0.717) is 19.6 Å². The van der Waals surface area contributed by atoms with E-state index in [1.807, 2.05) is 0 Å². The third kappa shape index (κ3) is 3.99. The number of carbonyl (C=O) groups excluding carboxylic acids is 2. The van der Waals surface area contributed by atoms with Crippen LogP contribution in [0.15, 0.2) is 23.1 Å². The van der Waals surface area contributed by atoms with E-state index in [0.717, 1.165) is 0 Å². The molecule has 0 radical (unpaired) electrons. The molecule has 4 rings (SSSR count). The fraction of sp³-hybridized carbons (Fsp3) is 0.409. The van der Waals surface area contributed by atoms with Crippen molar-refractivity contribution in [1.82, 2.24) is 14.8 Å². The zero-order valence-electron chi connectivity index (χ0n) is 18.7. The Morgan fingerprint density at radius 1 is 1.35 bits per heavy atom. The number of hydrogen-bond acceptors (Lipinski definition) is 6. The molecule has 2 atom stereocenters. The molecule has 1 aliphatic carbocycles. The molecule has 12 heteroatoms. The average molecular weight is 516 g/mol. The molecule has 2 aliphatic rings. The van der Waals surface area contributed by atoms with Crippen LogP contribution in [0.5, 0.6) is 11.5 Å². The number of nitrogens with zero attached hydrogens (tertiary/aromatic N) is 2. The van der Waals surface area contributed by atoms with Crippen LogP contribution >= 0.6 is 24.0 Å². The number of rotatable bonds is 6. The largest absolute Gasteiger partial charge is 0.503 e. The first-order chi connectivity index (χ1) is 15.7. The fourth-order valence-corrected chi connectivity index (χ4v) is 4.73. The number of benzene rings is 1. The molecule has 2 N–H and O–H groups in total. The Labute approximate surface area is 205 Å². The van der Waals surface area contributed by atoms with Gasteiger partial charge in [0.1, 0.15) is 16.3 Å². The van der Waals surface area contributed by atoms with Gasteiger partial charge in [-0.1, -0.05) is 17.7 Å². The normalized spacial score (nSPS) is 20.6. The molecule has 2 aromatic rings. The number of fused-ring (bicyclic) bond motifs is 2. The molecule has 1 aromatic heterocycles. The number of ether oxygens (including phenoxy) is 2. The standard InChI is InChI=1S/C22H23ClFN3O6.ClH/c1-26-10-22(6-12(22)9-32-2)27-8-13(18(28)19(29)17(27)21(26)31)20(30)25-7-11-4-5-14(33-3)15(23)16(11)24;/h4-5,8,12,29H,6-7,9-10H2,1-3H3,(H,25,30);1H/t12-,22-;/m0./s1. The molecule has 1 aliphatic heterocycles. The number of aromatic hydroxyl groups is 1. The lowest BCUT2D eigenvalue weighted by atomic mass is 10.0. The first kappa shape index (κ1) is 25.8. The third-order valence-corrected chi connectivity index (χ3v) is 6.67. The number of carbonyl (C=O) groups is 2. The van der Waals surface area contributed by atoms with Gasteiger partial charge in [0.15, 0.2) is 17.3 Å². The average Bonchev–Trinajstić information content (AvgIpc) is 3.47. The molecule has 1 fully saturated rings. The van der Waals surface area contributed by atoms with E-state index in [-0.39, 0.29) is 52.5 Å². The smallest absolute Gasteiger partial charge is 0.274 e. The van der Waals surface area contributed by atoms with Crippen molar-refractivity contribution in [1.29, 1.82) is 0 Å². The van der Waals surface area contributed by atoms with Crippen molar-refractivity contribution in [2.24, 2.45) is 5.92 Å². The topological polar surface area (TPSA) is 110 Å². The monoisotopic (exact) mass is 515 g/mol. The van der Waals surface area contributed by atoms with Crippen LogP contribution in [0.4, 0.5) is 4.39 Å². The highest BCUT2D eigenvalue weighted by Crippen LogP contribution is 2.53. The number of likely N-dealkylation sites (N-methyl/N-ethyl adjacent to an activating group) is 1. The van der Waals surface area contributed by atoms with E-state index in [1.54, 1.807) is 14.2 Å². The molecule has 1 aromatic carbocycles. The third-order valence-electron chi connectivity index (χ3n) is 6.32. The fourth-order valence-electron chi connectivity index (χ4n) is 4.47. The Bertz CT molecular complexity index is 1220. The van der Waals surface area contributed by atoms with Gasteiger partial charge in [0.05, 0.1) is 19.3 Å². The second-order valence-electron chi connectivity index (χ2n) is 8.30. The second-order valence-corrected chi connectivity index (χ2v) is 8.68. The maximum Gasteiger partial charge on any atom is 0.274 e. The van der Waals surface area contributed by atoms with E-state index < -0.39 is 34.3 Å². The van der Waals surface area contributed by atoms with Crippen LogP contribution in [-0.4, -0.2) is 60.8 Å². The van der Waals surface area contributed by atoms with Crippen LogP contribution in [0.25, 0.3) is 0 Å². The van der Waals surface area contributed by atoms with Gasteiger partial charge in [-0.05, 0) is 12.5 Å². The summed E-state index contributed by atoms with van der Waals surface area (Å²) >= 11 is 5.91. The Morgan fingerprint density at radius 2 is 2.06 bits per heavy atom. The number of hydrogen-bond donors (Lipinski definition) is 2. The molecule has 0 saturated heterocycles. The van der Waals surface area contributed by atoms with Gasteiger partial charge < -0.3 is 29.4 Å². The zero-order chi connectivity index (χ0) is 24.1. The van der Waals surface area contributed by atoms with Gasteiger partial charge in [0.2, 0.25) is 5.43 Å². The number of halogens is 3. The van der Waals surface area contributed by atoms with Crippen LogP contribution < -0.4 is 15.5 Å². The predicted molar refractivity (Wildman–Crippen MR) is 124 cm³/mol. The molecule has 1 spiro atoms. The van der Waals surface area contributed by atoms with Crippen molar-refractivity contribution in [3.63, 3.8) is 0 Å². The van der Waals surface area contributed by atoms with Crippen LogP contribution in [0.3, 0.4) is 0 Å². The van der Waals surface area contributed by atoms with Gasteiger partial charge in [0, 0.05) is 44.9 Å². The Kier molecular flexibility index (Phi) is 7.16. The first-order valence-corrected chi connectivity index (χ1v) is 10.6. The molecule has 2 heterocycles. The van der Waals surface area contributed by atoms with Crippen molar-refractivity contribution < 1.29 is 28.6 Å². The molecule has 9 nitrogen and oxygen atoms in total. The van der Waals surface area contributed by atoms with Crippen LogP contribution in [0.2, 0.25) is 5.02 Å². The van der Waals surface area contributed by atoms with Crippen molar-refractivity contribution in [3.8, 4) is 11.5 Å². The highest BCUT2D eigenvalue weighted by atomic mass is 35.5. The summed E-state index contributed by atoms with van der Waals surface area (Å²) in [6.07, 6.45) is 1.95. The highest BCUT2D eigenvalue weighted by molar-refractivity contribution is 6.32. The number of pyridine rings is 1. The SMILES string of the molecule is COC[C@@H]1C[C@]12CN(C)C(=O)c1c(O)c(=O)c(C(=O)NCc3ccc(OC)c(Cl)c3F)cn12.Cl. The molecular formula is C22H24Cl2FN3O6. The molecule has 0 unspecified atom stereocenters. The summed E-state index contributed by atoms with van der Waals surface area (Å²) < 4.78 is 26.2. The lowest BCUT2D eigenvalue weighted by Gasteiger charge is -2.35. The molecule has 0 bridgehead atoms. The van der Waals surface area contributed by atoms with Gasteiger partial charge in [-0.15, -0.1) is 12.4 Å². The van der Waals surface area contributed by atoms with Gasteiger partial charge in [0.25, 0.3) is 11.8 Å². The lowest BCUT2D eigenvalue weighted by Crippen LogP contribution is -2.48. The predicted octanol–water partition coefficient (Wildman–Crippen LogP) is 2.15. The van der Waals surface area contributed by atoms with Gasteiger partial charge in [-0.25, -0.2) is 4.39 Å². The van der Waals surface area contributed by atoms with E-state index in [9.17, 15) is 23.9 Å². The second kappa shape index (κ2) is 9.44. The number of nitrogens with one attached hydrogen (secondary N) is 1. The van der Waals surface area contributed by atoms with Crippen LogP contribution in [-0.2, 0) is 16.8 Å². The first-order valence-electron chi connectivity index (χ1n) is 10.2. The van der Waals surface area contributed by atoms with E-state index in [4.69, 9.17) is 21.1 Å². The number of amides is 2. The minimum absolute atomic E-state index is 0. The maximum absolute atomic E-state index is 14.5. The Hall–Kier alpha value is -2.82. The van der Waals surface area contributed by atoms with Crippen LogP contribution in [0, 0.1) is 11.7 Å². The quantitative estimate of drug-likeness (QED) is 0.609. The minimum atomic E-state index is -0.977. The van der Waals surface area contributed by atoms with Gasteiger partial charge in [-0.2, -0.15) is 0 Å². The summed E-state index contributed by atoms with van der Waals surface area (Å²) in [5, 5.41) is 12.8. The summed E-state index contributed by atoms with van der Waals surface area (Å²) in [6.45, 7) is 0.522. The molecule has 1 saturated carbocycles. The minimum Gasteiger partial charge on any atom is -0.503 e. The lowest BCUT2D eigenvalue weighted by molar-refractivity contribution is 0.0664. The van der Waals surface area contributed by atoms with Crippen molar-refractivity contribution >= 4 is 35.8 Å². The van der Waals surface area contributed by atoms with E-state index in [1.165, 1.54) is 34.9 Å². The summed E-state index contributed by atoms with van der Waals surface area (Å²) in [7, 11) is 4.51. The van der Waals surface area contributed by atoms with Crippen molar-refractivity contribution in [2.75, 3.05) is 34.4 Å². The van der Waals surface area contributed by atoms with Gasteiger partial charge in [-0.3, -0.25) is 14.4 Å². The Morgan fingerprint density at radius 3 is 2.71 bits per heavy atom. The molecule has 2 amide bonds. The Balaban J connectivity index is 0.00000324. The maximum atomic E-state index is 14.5. The van der Waals surface area contributed by atoms with Crippen molar-refractivity contribution in [3.05, 3.63) is 56.2 Å². The summed E-state index contributed by atoms with van der Waals surface area (Å²) in [4.78, 5) is 39.7. The highest BCUT2D eigenvalue weighted by Gasteiger charge is 2.60. The van der Waals surface area contributed by atoms with Gasteiger partial charge >= 0.3 is 0 Å². The zero-order valence-corrected chi connectivity index (χ0v) is 20.3. The van der Waals surface area contributed by atoms with E-state index >= 15 is 0 Å². The van der Waals surface area contributed by atoms with Crippen LogP contribution in [0.1, 0.15) is 32.8 Å². The molecule has 184 valence electrons. The van der Waals surface area contributed by atoms with E-state index in [2.05, 4.69) is 5.32 Å². The summed E-state index contributed by atoms with van der Waals surface area (Å²) in [5.41, 5.74) is -1.97. The number of aromatic nitrogens is 1. The molecular weight excluding hydrogens is 492 g/mol. The molecule has 34 heavy (non-hydrogen) atoms.